The van der Waals surface area contributed by atoms with Crippen LogP contribution in [0.3, 0.4) is 0 Å². The van der Waals surface area contributed by atoms with Gasteiger partial charge in [-0.2, -0.15) is 0 Å². The van der Waals surface area contributed by atoms with Crippen molar-refractivity contribution in [2.75, 3.05) is 0 Å². The molecule has 1 aromatic rings. The summed E-state index contributed by atoms with van der Waals surface area (Å²) in [7, 11) is 0. The molecule has 0 aromatic heterocycles. The highest BCUT2D eigenvalue weighted by atomic mass is 15.2. The summed E-state index contributed by atoms with van der Waals surface area (Å²) in [4.78, 5) is 0. The Morgan fingerprint density at radius 2 is 1.94 bits per heavy atom. The minimum absolute atomic E-state index is 0.474. The lowest BCUT2D eigenvalue weighted by Crippen LogP contribution is -2.39. The molecule has 0 amide bonds. The Bertz CT molecular complexity index is 431. The lowest BCUT2D eigenvalue weighted by molar-refractivity contribution is 0.410. The predicted octanol–water partition coefficient (Wildman–Crippen LogP) is 2.72. The van der Waals surface area contributed by atoms with Crippen molar-refractivity contribution >= 4 is 0 Å². The Balaban J connectivity index is 1.68. The molecular formula is C16H24N2. The van der Waals surface area contributed by atoms with Crippen LogP contribution in [0, 0.1) is 31.6 Å². The normalized spacial score (nSPS) is 31.2. The molecule has 18 heavy (non-hydrogen) atoms. The molecule has 0 radical (unpaired) electrons. The molecule has 0 spiro atoms. The van der Waals surface area contributed by atoms with Crippen molar-refractivity contribution < 1.29 is 0 Å². The van der Waals surface area contributed by atoms with Gasteiger partial charge in [-0.1, -0.05) is 24.6 Å². The molecule has 0 bridgehead atoms. The van der Waals surface area contributed by atoms with Crippen molar-refractivity contribution in [1.82, 2.24) is 5.43 Å². The Labute approximate surface area is 110 Å². The molecule has 0 heterocycles. The molecule has 2 aliphatic rings. The fourth-order valence-electron chi connectivity index (χ4n) is 3.96. The molecule has 3 N–H and O–H groups in total. The summed E-state index contributed by atoms with van der Waals surface area (Å²) in [6, 6.07) is 7.27. The van der Waals surface area contributed by atoms with Crippen LogP contribution in [0.15, 0.2) is 18.2 Å². The van der Waals surface area contributed by atoms with Crippen molar-refractivity contribution in [2.45, 2.75) is 45.6 Å². The lowest BCUT2D eigenvalue weighted by atomic mass is 9.96. The minimum atomic E-state index is 0.474. The number of hydrogen-bond acceptors (Lipinski definition) is 2. The molecular weight excluding hydrogens is 220 g/mol. The highest BCUT2D eigenvalue weighted by molar-refractivity contribution is 5.30. The number of benzene rings is 1. The standard InChI is InChI=1S/C16H24N2/c1-10-6-7-12(8-11(10)2)9-15(18-17)16-13-4-3-5-14(13)16/h6-8,13-16,18H,3-5,9,17H2,1-2H3. The van der Waals surface area contributed by atoms with Crippen LogP contribution < -0.4 is 11.3 Å². The molecule has 0 aliphatic heterocycles. The third kappa shape index (κ3) is 2.08. The van der Waals surface area contributed by atoms with Crippen molar-refractivity contribution in [3.05, 3.63) is 34.9 Å². The third-order valence-electron chi connectivity index (χ3n) is 5.18. The van der Waals surface area contributed by atoms with Crippen LogP contribution in [0.1, 0.15) is 36.0 Å². The first-order valence-electron chi connectivity index (χ1n) is 7.23. The summed E-state index contributed by atoms with van der Waals surface area (Å²) in [5.74, 6) is 8.56. The lowest BCUT2D eigenvalue weighted by Gasteiger charge is -2.18. The van der Waals surface area contributed by atoms with E-state index >= 15 is 0 Å². The predicted molar refractivity (Wildman–Crippen MR) is 75.1 cm³/mol. The molecule has 2 heteroatoms. The van der Waals surface area contributed by atoms with E-state index in [-0.39, 0.29) is 0 Å². The zero-order valence-corrected chi connectivity index (χ0v) is 11.4. The van der Waals surface area contributed by atoms with Gasteiger partial charge in [-0.25, -0.2) is 0 Å². The van der Waals surface area contributed by atoms with E-state index < -0.39 is 0 Å². The number of nitrogens with two attached hydrogens (primary N) is 1. The maximum Gasteiger partial charge on any atom is 0.0284 e. The first-order chi connectivity index (χ1) is 8.70. The Hall–Kier alpha value is -0.860. The number of hydrogen-bond donors (Lipinski definition) is 2. The zero-order valence-electron chi connectivity index (χ0n) is 11.4. The van der Waals surface area contributed by atoms with Gasteiger partial charge in [0.2, 0.25) is 0 Å². The monoisotopic (exact) mass is 244 g/mol. The van der Waals surface area contributed by atoms with Gasteiger partial charge in [0.25, 0.3) is 0 Å². The van der Waals surface area contributed by atoms with Gasteiger partial charge >= 0.3 is 0 Å². The fraction of sp³-hybridized carbons (Fsp3) is 0.625. The number of hydrazine groups is 1. The third-order valence-corrected chi connectivity index (χ3v) is 5.18. The first-order valence-corrected chi connectivity index (χ1v) is 7.23. The fourth-order valence-corrected chi connectivity index (χ4v) is 3.96. The van der Waals surface area contributed by atoms with Crippen LogP contribution in [-0.4, -0.2) is 6.04 Å². The summed E-state index contributed by atoms with van der Waals surface area (Å²) < 4.78 is 0. The van der Waals surface area contributed by atoms with Gasteiger partial charge < -0.3 is 0 Å². The molecule has 0 saturated heterocycles. The van der Waals surface area contributed by atoms with Gasteiger partial charge in [-0.15, -0.1) is 0 Å². The van der Waals surface area contributed by atoms with E-state index in [0.29, 0.717) is 6.04 Å². The van der Waals surface area contributed by atoms with Gasteiger partial charge in [0.05, 0.1) is 0 Å². The second-order valence-electron chi connectivity index (χ2n) is 6.23. The largest absolute Gasteiger partial charge is 0.271 e. The van der Waals surface area contributed by atoms with E-state index in [1.54, 1.807) is 0 Å². The average Bonchev–Trinajstić information content (AvgIpc) is 2.83. The van der Waals surface area contributed by atoms with Gasteiger partial charge in [-0.05, 0) is 67.6 Å². The summed E-state index contributed by atoms with van der Waals surface area (Å²) in [5, 5.41) is 0. The Kier molecular flexibility index (Phi) is 3.16. The molecule has 3 rings (SSSR count). The molecule has 2 saturated carbocycles. The molecule has 2 aliphatic carbocycles. The van der Waals surface area contributed by atoms with Crippen LogP contribution >= 0.6 is 0 Å². The zero-order chi connectivity index (χ0) is 12.7. The summed E-state index contributed by atoms with van der Waals surface area (Å²) >= 11 is 0. The number of rotatable bonds is 4. The van der Waals surface area contributed by atoms with E-state index in [4.69, 9.17) is 5.84 Å². The molecule has 2 fully saturated rings. The van der Waals surface area contributed by atoms with E-state index in [0.717, 1.165) is 24.2 Å². The second-order valence-corrected chi connectivity index (χ2v) is 6.23. The topological polar surface area (TPSA) is 38.0 Å². The van der Waals surface area contributed by atoms with Crippen LogP contribution in [0.4, 0.5) is 0 Å². The molecule has 98 valence electrons. The van der Waals surface area contributed by atoms with Crippen LogP contribution in [-0.2, 0) is 6.42 Å². The van der Waals surface area contributed by atoms with Crippen molar-refractivity contribution in [3.63, 3.8) is 0 Å². The van der Waals surface area contributed by atoms with Gasteiger partial charge in [0.15, 0.2) is 0 Å². The maximum absolute atomic E-state index is 5.78. The highest BCUT2D eigenvalue weighted by Crippen LogP contribution is 2.59. The van der Waals surface area contributed by atoms with Gasteiger partial charge in [0.1, 0.15) is 0 Å². The van der Waals surface area contributed by atoms with Crippen molar-refractivity contribution in [2.24, 2.45) is 23.6 Å². The highest BCUT2D eigenvalue weighted by Gasteiger charge is 2.55. The summed E-state index contributed by atoms with van der Waals surface area (Å²) in [5.41, 5.74) is 7.26. The molecule has 3 unspecified atom stereocenters. The second kappa shape index (κ2) is 4.67. The van der Waals surface area contributed by atoms with Gasteiger partial charge in [0, 0.05) is 6.04 Å². The SMILES string of the molecule is Cc1ccc(CC(NN)C2C3CCCC32)cc1C. The molecule has 3 atom stereocenters. The summed E-state index contributed by atoms with van der Waals surface area (Å²) in [6.07, 6.45) is 5.38. The number of fused-ring (bicyclic) bond motifs is 1. The van der Waals surface area contributed by atoms with Crippen molar-refractivity contribution in [1.29, 1.82) is 0 Å². The minimum Gasteiger partial charge on any atom is -0.271 e. The van der Waals surface area contributed by atoms with E-state index in [1.165, 1.54) is 36.0 Å². The quantitative estimate of drug-likeness (QED) is 0.631. The number of nitrogens with one attached hydrogen (secondary N) is 1. The van der Waals surface area contributed by atoms with Crippen LogP contribution in [0.25, 0.3) is 0 Å². The Morgan fingerprint density at radius 1 is 1.22 bits per heavy atom. The summed E-state index contributed by atoms with van der Waals surface area (Å²) in [6.45, 7) is 4.36. The van der Waals surface area contributed by atoms with E-state index in [9.17, 15) is 0 Å². The first kappa shape index (κ1) is 12.2. The average molecular weight is 244 g/mol. The van der Waals surface area contributed by atoms with E-state index in [2.05, 4.69) is 37.5 Å². The van der Waals surface area contributed by atoms with Crippen molar-refractivity contribution in [3.8, 4) is 0 Å². The smallest absolute Gasteiger partial charge is 0.0284 e. The number of aryl methyl sites for hydroxylation is 2. The Morgan fingerprint density at radius 3 is 2.56 bits per heavy atom. The maximum atomic E-state index is 5.78. The van der Waals surface area contributed by atoms with E-state index in [1.807, 2.05) is 0 Å². The van der Waals surface area contributed by atoms with Crippen LogP contribution in [0.5, 0.6) is 0 Å². The molecule has 1 aromatic carbocycles. The van der Waals surface area contributed by atoms with Crippen LogP contribution in [0.2, 0.25) is 0 Å². The molecule has 2 nitrogen and oxygen atoms in total. The van der Waals surface area contributed by atoms with Gasteiger partial charge in [-0.3, -0.25) is 11.3 Å².